The van der Waals surface area contributed by atoms with Crippen LogP contribution in [-0.4, -0.2) is 11.7 Å². The predicted molar refractivity (Wildman–Crippen MR) is 79.1 cm³/mol. The number of hydrogen-bond donors (Lipinski definition) is 1. The van der Waals surface area contributed by atoms with Gasteiger partial charge in [0.05, 0.1) is 0 Å². The molecule has 0 fully saturated rings. The highest BCUT2D eigenvalue weighted by molar-refractivity contribution is 6.31. The van der Waals surface area contributed by atoms with Gasteiger partial charge in [0.1, 0.15) is 0 Å². The van der Waals surface area contributed by atoms with E-state index in [1.54, 1.807) is 0 Å². The summed E-state index contributed by atoms with van der Waals surface area (Å²) in [6, 6.07) is 7.94. The first-order valence-corrected chi connectivity index (χ1v) is 7.50. The molecule has 0 heterocycles. The fourth-order valence-corrected chi connectivity index (χ4v) is 2.48. The summed E-state index contributed by atoms with van der Waals surface area (Å²) >= 11 is 6.15. The Morgan fingerprint density at radius 3 is 2.50 bits per heavy atom. The van der Waals surface area contributed by atoms with E-state index in [9.17, 15) is 5.11 Å². The summed E-state index contributed by atoms with van der Waals surface area (Å²) in [5.74, 6) is 0.353. The lowest BCUT2D eigenvalue weighted by molar-refractivity contribution is 0.214. The molecule has 2 heteroatoms. The van der Waals surface area contributed by atoms with Crippen molar-refractivity contribution in [2.75, 3.05) is 6.61 Å². The predicted octanol–water partition coefficient (Wildman–Crippen LogP) is 4.85. The Labute approximate surface area is 116 Å². The first-order chi connectivity index (χ1) is 8.77. The van der Waals surface area contributed by atoms with Crippen LogP contribution >= 0.6 is 11.6 Å². The van der Waals surface area contributed by atoms with Gasteiger partial charge in [0.15, 0.2) is 0 Å². The maximum Gasteiger partial charge on any atom is 0.0462 e. The molecule has 0 aliphatic heterocycles. The first-order valence-electron chi connectivity index (χ1n) is 7.12. The van der Waals surface area contributed by atoms with E-state index in [0.717, 1.165) is 23.4 Å². The Kier molecular flexibility index (Phi) is 8.11. The Bertz CT molecular complexity index is 325. The number of halogens is 1. The van der Waals surface area contributed by atoms with Crippen molar-refractivity contribution in [3.05, 3.63) is 34.9 Å². The molecule has 0 aliphatic rings. The summed E-state index contributed by atoms with van der Waals surface area (Å²) in [6.07, 6.45) is 8.43. The standard InChI is InChI=1S/C16H25ClO/c1-2-3-4-5-6-9-14(13-18)12-15-10-7-8-11-16(15)17/h7-8,10-11,14,18H,2-6,9,12-13H2,1H3. The molecule has 0 aliphatic carbocycles. The molecule has 0 aromatic heterocycles. The molecule has 1 N–H and O–H groups in total. The molecule has 0 saturated carbocycles. The molecule has 0 spiro atoms. The molecule has 1 aromatic carbocycles. The SMILES string of the molecule is CCCCCCCC(CO)Cc1ccccc1Cl. The van der Waals surface area contributed by atoms with Crippen molar-refractivity contribution in [1.29, 1.82) is 0 Å². The van der Waals surface area contributed by atoms with Gasteiger partial charge in [-0.1, -0.05) is 68.8 Å². The van der Waals surface area contributed by atoms with E-state index in [4.69, 9.17) is 11.6 Å². The molecule has 0 amide bonds. The lowest BCUT2D eigenvalue weighted by atomic mass is 9.94. The van der Waals surface area contributed by atoms with Crippen LogP contribution in [-0.2, 0) is 6.42 Å². The van der Waals surface area contributed by atoms with Crippen molar-refractivity contribution in [3.8, 4) is 0 Å². The summed E-state index contributed by atoms with van der Waals surface area (Å²) in [5, 5.41) is 10.3. The normalized spacial score (nSPS) is 12.6. The van der Waals surface area contributed by atoms with Crippen LogP contribution < -0.4 is 0 Å². The third-order valence-corrected chi connectivity index (χ3v) is 3.81. The van der Waals surface area contributed by atoms with Crippen LogP contribution in [0.25, 0.3) is 0 Å². The van der Waals surface area contributed by atoms with Crippen LogP contribution in [0.5, 0.6) is 0 Å². The van der Waals surface area contributed by atoms with Crippen LogP contribution in [0.15, 0.2) is 24.3 Å². The first kappa shape index (κ1) is 15.5. The molecule has 102 valence electrons. The molecular weight excluding hydrogens is 244 g/mol. The Morgan fingerprint density at radius 2 is 1.83 bits per heavy atom. The largest absolute Gasteiger partial charge is 0.396 e. The lowest BCUT2D eigenvalue weighted by Crippen LogP contribution is -2.10. The second-order valence-corrected chi connectivity index (χ2v) is 5.45. The van der Waals surface area contributed by atoms with E-state index >= 15 is 0 Å². The number of benzene rings is 1. The van der Waals surface area contributed by atoms with E-state index in [0.29, 0.717) is 5.92 Å². The van der Waals surface area contributed by atoms with Gasteiger partial charge >= 0.3 is 0 Å². The second kappa shape index (κ2) is 9.41. The number of aliphatic hydroxyl groups excluding tert-OH is 1. The molecule has 18 heavy (non-hydrogen) atoms. The number of aliphatic hydroxyl groups is 1. The van der Waals surface area contributed by atoms with Gasteiger partial charge in [0.2, 0.25) is 0 Å². The Balaban J connectivity index is 2.31. The van der Waals surface area contributed by atoms with E-state index in [1.165, 1.54) is 32.1 Å². The van der Waals surface area contributed by atoms with Crippen molar-refractivity contribution in [2.45, 2.75) is 51.9 Å². The highest BCUT2D eigenvalue weighted by Gasteiger charge is 2.10. The highest BCUT2D eigenvalue weighted by atomic mass is 35.5. The van der Waals surface area contributed by atoms with Gasteiger partial charge in [-0.25, -0.2) is 0 Å². The van der Waals surface area contributed by atoms with Gasteiger partial charge in [-0.3, -0.25) is 0 Å². The summed E-state index contributed by atoms with van der Waals surface area (Å²) in [5.41, 5.74) is 1.16. The minimum atomic E-state index is 0.263. The molecule has 0 saturated heterocycles. The quantitative estimate of drug-likeness (QED) is 0.635. The van der Waals surface area contributed by atoms with Crippen LogP contribution in [0.1, 0.15) is 51.0 Å². The average molecular weight is 269 g/mol. The zero-order chi connectivity index (χ0) is 13.2. The van der Waals surface area contributed by atoms with Crippen molar-refractivity contribution in [1.82, 2.24) is 0 Å². The maximum atomic E-state index is 9.44. The molecular formula is C16H25ClO. The monoisotopic (exact) mass is 268 g/mol. The topological polar surface area (TPSA) is 20.2 Å². The third kappa shape index (κ3) is 5.88. The van der Waals surface area contributed by atoms with Crippen LogP contribution in [0, 0.1) is 5.92 Å². The number of unbranched alkanes of at least 4 members (excludes halogenated alkanes) is 4. The fourth-order valence-electron chi connectivity index (χ4n) is 2.27. The summed E-state index contributed by atoms with van der Waals surface area (Å²) in [6.45, 7) is 2.49. The van der Waals surface area contributed by atoms with Gasteiger partial charge in [-0.2, -0.15) is 0 Å². The molecule has 1 aromatic rings. The molecule has 1 atom stereocenters. The summed E-state index contributed by atoms with van der Waals surface area (Å²) < 4.78 is 0. The minimum absolute atomic E-state index is 0.263. The zero-order valence-corrected chi connectivity index (χ0v) is 12.1. The Hall–Kier alpha value is -0.530. The third-order valence-electron chi connectivity index (χ3n) is 3.44. The van der Waals surface area contributed by atoms with E-state index in [-0.39, 0.29) is 6.61 Å². The van der Waals surface area contributed by atoms with Crippen molar-refractivity contribution >= 4 is 11.6 Å². The van der Waals surface area contributed by atoms with E-state index < -0.39 is 0 Å². The molecule has 1 unspecified atom stereocenters. The summed E-state index contributed by atoms with van der Waals surface area (Å²) in [4.78, 5) is 0. The van der Waals surface area contributed by atoms with E-state index in [1.807, 2.05) is 18.2 Å². The smallest absolute Gasteiger partial charge is 0.0462 e. The summed E-state index contributed by atoms with van der Waals surface area (Å²) in [7, 11) is 0. The van der Waals surface area contributed by atoms with Crippen molar-refractivity contribution < 1.29 is 5.11 Å². The lowest BCUT2D eigenvalue weighted by Gasteiger charge is -2.15. The fraction of sp³-hybridized carbons (Fsp3) is 0.625. The van der Waals surface area contributed by atoms with Gasteiger partial charge in [0, 0.05) is 11.6 Å². The molecule has 1 rings (SSSR count). The van der Waals surface area contributed by atoms with Crippen molar-refractivity contribution in [2.24, 2.45) is 5.92 Å². The van der Waals surface area contributed by atoms with Crippen LogP contribution in [0.3, 0.4) is 0 Å². The zero-order valence-electron chi connectivity index (χ0n) is 11.4. The van der Waals surface area contributed by atoms with Gasteiger partial charge < -0.3 is 5.11 Å². The maximum absolute atomic E-state index is 9.44. The molecule has 0 radical (unpaired) electrons. The number of hydrogen-bond acceptors (Lipinski definition) is 1. The second-order valence-electron chi connectivity index (χ2n) is 5.05. The average Bonchev–Trinajstić information content (AvgIpc) is 2.39. The minimum Gasteiger partial charge on any atom is -0.396 e. The van der Waals surface area contributed by atoms with Crippen LogP contribution in [0.4, 0.5) is 0 Å². The molecule has 0 bridgehead atoms. The van der Waals surface area contributed by atoms with E-state index in [2.05, 4.69) is 13.0 Å². The van der Waals surface area contributed by atoms with Gasteiger partial charge in [-0.15, -0.1) is 0 Å². The van der Waals surface area contributed by atoms with Gasteiger partial charge in [0.25, 0.3) is 0 Å². The van der Waals surface area contributed by atoms with Crippen molar-refractivity contribution in [3.63, 3.8) is 0 Å². The Morgan fingerprint density at radius 1 is 1.11 bits per heavy atom. The number of rotatable bonds is 9. The highest BCUT2D eigenvalue weighted by Crippen LogP contribution is 2.21. The molecule has 1 nitrogen and oxygen atoms in total. The van der Waals surface area contributed by atoms with Gasteiger partial charge in [-0.05, 0) is 30.4 Å². The van der Waals surface area contributed by atoms with Crippen LogP contribution in [0.2, 0.25) is 5.02 Å².